The fourth-order valence-corrected chi connectivity index (χ4v) is 5.46. The Hall–Kier alpha value is -3.91. The summed E-state index contributed by atoms with van der Waals surface area (Å²) >= 11 is 0. The van der Waals surface area contributed by atoms with E-state index in [4.69, 9.17) is 4.74 Å². The van der Waals surface area contributed by atoms with Gasteiger partial charge in [-0.2, -0.15) is 0 Å². The number of hydrogen-bond donors (Lipinski definition) is 3. The van der Waals surface area contributed by atoms with E-state index in [1.165, 1.54) is 0 Å². The Morgan fingerprint density at radius 3 is 2.59 bits per heavy atom. The predicted molar refractivity (Wildman–Crippen MR) is 150 cm³/mol. The van der Waals surface area contributed by atoms with Crippen LogP contribution in [-0.4, -0.2) is 55.0 Å². The maximum atomic E-state index is 13.9. The molecule has 1 fully saturated rings. The third kappa shape index (κ3) is 6.57. The summed E-state index contributed by atoms with van der Waals surface area (Å²) in [6, 6.07) is 19.3. The van der Waals surface area contributed by atoms with Crippen molar-refractivity contribution in [3.63, 3.8) is 0 Å². The van der Waals surface area contributed by atoms with Crippen molar-refractivity contribution in [1.82, 2.24) is 20.9 Å². The van der Waals surface area contributed by atoms with Crippen molar-refractivity contribution in [3.8, 4) is 5.75 Å². The van der Waals surface area contributed by atoms with Crippen LogP contribution in [0.2, 0.25) is 0 Å². The summed E-state index contributed by atoms with van der Waals surface area (Å²) < 4.78 is 5.35. The van der Waals surface area contributed by atoms with Crippen molar-refractivity contribution in [2.75, 3.05) is 26.2 Å². The van der Waals surface area contributed by atoms with Crippen LogP contribution in [0.4, 0.5) is 4.79 Å². The largest absolute Gasteiger partial charge is 0.412 e. The maximum Gasteiger partial charge on any atom is 0.412 e. The molecular weight excluding hydrogens is 492 g/mol. The molecule has 2 heterocycles. The van der Waals surface area contributed by atoms with E-state index in [1.54, 1.807) is 6.07 Å². The number of ether oxygens (including phenoxy) is 1. The van der Waals surface area contributed by atoms with E-state index in [2.05, 4.69) is 40.2 Å². The molecule has 3 amide bonds. The van der Waals surface area contributed by atoms with Crippen molar-refractivity contribution in [2.45, 2.75) is 45.2 Å². The van der Waals surface area contributed by atoms with E-state index < -0.39 is 12.1 Å². The summed E-state index contributed by atoms with van der Waals surface area (Å²) in [5, 5.41) is 11.3. The standard InChI is InChI=1S/C31H36N4O4/c1-2-33-31(38)39-27-10-9-26-20-35(16-13-25(26)19-27)30(37)28(34-29(36)23-11-14-32-15-12-23)18-21-7-8-22-5-3-4-6-24(22)17-21/h3-10,17,19,23,28,32H,2,11-16,18,20H2,1H3,(H,33,38)(H,34,36)/t28-/m1/s1. The van der Waals surface area contributed by atoms with Gasteiger partial charge in [-0.05, 0) is 78.9 Å². The van der Waals surface area contributed by atoms with Gasteiger partial charge in [-0.3, -0.25) is 9.59 Å². The molecule has 0 unspecified atom stereocenters. The monoisotopic (exact) mass is 528 g/mol. The summed E-state index contributed by atoms with van der Waals surface area (Å²) in [7, 11) is 0. The fourth-order valence-electron chi connectivity index (χ4n) is 5.46. The van der Waals surface area contributed by atoms with Gasteiger partial charge < -0.3 is 25.6 Å². The minimum Gasteiger partial charge on any atom is -0.410 e. The molecule has 0 bridgehead atoms. The van der Waals surface area contributed by atoms with Gasteiger partial charge in [0.25, 0.3) is 0 Å². The van der Waals surface area contributed by atoms with Crippen LogP contribution in [0.3, 0.4) is 0 Å². The highest BCUT2D eigenvalue weighted by Crippen LogP contribution is 2.25. The number of fused-ring (bicyclic) bond motifs is 2. The molecule has 1 atom stereocenters. The molecule has 3 N–H and O–H groups in total. The molecule has 39 heavy (non-hydrogen) atoms. The molecule has 1 saturated heterocycles. The number of hydrogen-bond acceptors (Lipinski definition) is 5. The minimum atomic E-state index is -0.643. The summed E-state index contributed by atoms with van der Waals surface area (Å²) in [5.41, 5.74) is 3.10. The van der Waals surface area contributed by atoms with Crippen LogP contribution in [0, 0.1) is 5.92 Å². The van der Waals surface area contributed by atoms with Crippen LogP contribution in [0.25, 0.3) is 10.8 Å². The number of amides is 3. The van der Waals surface area contributed by atoms with Gasteiger partial charge in [-0.25, -0.2) is 4.79 Å². The maximum absolute atomic E-state index is 13.9. The highest BCUT2D eigenvalue weighted by Gasteiger charge is 2.31. The highest BCUT2D eigenvalue weighted by molar-refractivity contribution is 5.89. The predicted octanol–water partition coefficient (Wildman–Crippen LogP) is 3.56. The lowest BCUT2D eigenvalue weighted by molar-refractivity contribution is -0.138. The zero-order chi connectivity index (χ0) is 27.2. The van der Waals surface area contributed by atoms with Crippen molar-refractivity contribution < 1.29 is 19.1 Å². The van der Waals surface area contributed by atoms with E-state index >= 15 is 0 Å². The Bertz CT molecular complexity index is 1350. The van der Waals surface area contributed by atoms with E-state index in [0.29, 0.717) is 38.2 Å². The molecule has 0 spiro atoms. The Kier molecular flexibility index (Phi) is 8.42. The Morgan fingerprint density at radius 2 is 1.79 bits per heavy atom. The Balaban J connectivity index is 1.32. The third-order valence-corrected chi connectivity index (χ3v) is 7.61. The molecule has 8 nitrogen and oxygen atoms in total. The minimum absolute atomic E-state index is 0.0415. The van der Waals surface area contributed by atoms with Gasteiger partial charge in [0, 0.05) is 32.0 Å². The normalized spacial score (nSPS) is 16.3. The highest BCUT2D eigenvalue weighted by atomic mass is 16.6. The second kappa shape index (κ2) is 12.3. The Morgan fingerprint density at radius 1 is 1.00 bits per heavy atom. The molecule has 5 rings (SSSR count). The molecule has 8 heteroatoms. The van der Waals surface area contributed by atoms with Crippen molar-refractivity contribution in [3.05, 3.63) is 77.4 Å². The lowest BCUT2D eigenvalue weighted by Crippen LogP contribution is -2.52. The number of rotatable bonds is 7. The Labute approximate surface area is 229 Å². The van der Waals surface area contributed by atoms with Crippen LogP contribution in [0.5, 0.6) is 5.75 Å². The molecule has 204 valence electrons. The lowest BCUT2D eigenvalue weighted by atomic mass is 9.95. The third-order valence-electron chi connectivity index (χ3n) is 7.61. The molecule has 3 aromatic carbocycles. The molecule has 2 aliphatic rings. The molecule has 0 radical (unpaired) electrons. The van der Waals surface area contributed by atoms with Crippen LogP contribution >= 0.6 is 0 Å². The summed E-state index contributed by atoms with van der Waals surface area (Å²) in [4.78, 5) is 40.7. The van der Waals surface area contributed by atoms with Gasteiger partial charge in [0.1, 0.15) is 11.8 Å². The van der Waals surface area contributed by atoms with Crippen molar-refractivity contribution >= 4 is 28.7 Å². The molecule has 2 aliphatic heterocycles. The molecule has 0 saturated carbocycles. The van der Waals surface area contributed by atoms with E-state index in [-0.39, 0.29) is 17.7 Å². The number of benzene rings is 3. The summed E-state index contributed by atoms with van der Waals surface area (Å²) in [5.74, 6) is 0.297. The SMILES string of the molecule is CCNC(=O)Oc1ccc2c(c1)CCN(C(=O)[C@@H](Cc1ccc3ccccc3c1)NC(=O)C1CCNCC1)C2. The average Bonchev–Trinajstić information content (AvgIpc) is 2.96. The summed E-state index contributed by atoms with van der Waals surface area (Å²) in [6.07, 6.45) is 2.16. The second-order valence-corrected chi connectivity index (χ2v) is 10.3. The topological polar surface area (TPSA) is 99.8 Å². The van der Waals surface area contributed by atoms with Gasteiger partial charge >= 0.3 is 6.09 Å². The van der Waals surface area contributed by atoms with Crippen molar-refractivity contribution in [1.29, 1.82) is 0 Å². The average molecular weight is 529 g/mol. The van der Waals surface area contributed by atoms with E-state index in [9.17, 15) is 14.4 Å². The fraction of sp³-hybridized carbons (Fsp3) is 0.387. The second-order valence-electron chi connectivity index (χ2n) is 10.3. The number of nitrogens with one attached hydrogen (secondary N) is 3. The number of carbonyl (C=O) groups is 3. The van der Waals surface area contributed by atoms with Crippen LogP contribution in [0.1, 0.15) is 36.5 Å². The van der Waals surface area contributed by atoms with Crippen LogP contribution < -0.4 is 20.7 Å². The van der Waals surface area contributed by atoms with Crippen LogP contribution in [0.15, 0.2) is 60.7 Å². The first-order valence-corrected chi connectivity index (χ1v) is 13.8. The first-order valence-electron chi connectivity index (χ1n) is 13.8. The van der Waals surface area contributed by atoms with Crippen LogP contribution in [-0.2, 0) is 29.0 Å². The van der Waals surface area contributed by atoms with E-state index in [0.717, 1.165) is 53.4 Å². The smallest absolute Gasteiger partial charge is 0.410 e. The zero-order valence-electron chi connectivity index (χ0n) is 22.4. The number of nitrogens with zero attached hydrogens (tertiary/aromatic N) is 1. The van der Waals surface area contributed by atoms with Gasteiger partial charge in [0.05, 0.1) is 0 Å². The molecule has 0 aliphatic carbocycles. The molecule has 0 aromatic heterocycles. The van der Waals surface area contributed by atoms with Gasteiger partial charge in [-0.1, -0.05) is 48.5 Å². The quantitative estimate of drug-likeness (QED) is 0.436. The molecular formula is C31H36N4O4. The van der Waals surface area contributed by atoms with Gasteiger partial charge in [0.2, 0.25) is 11.8 Å². The number of piperidine rings is 1. The van der Waals surface area contributed by atoms with Gasteiger partial charge in [0.15, 0.2) is 0 Å². The first kappa shape index (κ1) is 26.7. The first-order chi connectivity index (χ1) is 19.0. The molecule has 3 aromatic rings. The van der Waals surface area contributed by atoms with Gasteiger partial charge in [-0.15, -0.1) is 0 Å². The number of carbonyl (C=O) groups excluding carboxylic acids is 3. The zero-order valence-corrected chi connectivity index (χ0v) is 22.4. The lowest BCUT2D eigenvalue weighted by Gasteiger charge is -2.33. The van der Waals surface area contributed by atoms with Crippen molar-refractivity contribution in [2.24, 2.45) is 5.92 Å². The van der Waals surface area contributed by atoms with E-state index in [1.807, 2.05) is 42.2 Å². The summed E-state index contributed by atoms with van der Waals surface area (Å²) in [6.45, 7) is 4.95.